The van der Waals surface area contributed by atoms with Crippen molar-refractivity contribution >= 4 is 43.3 Å². The summed E-state index contributed by atoms with van der Waals surface area (Å²) in [6.45, 7) is 5.20. The number of pyridine rings is 1. The zero-order valence-corrected chi connectivity index (χ0v) is 13.3. The van der Waals surface area contributed by atoms with Gasteiger partial charge in [-0.1, -0.05) is 47.1 Å². The first-order valence-corrected chi connectivity index (χ1v) is 7.72. The van der Waals surface area contributed by atoms with E-state index in [0.717, 1.165) is 28.6 Å². The maximum Gasteiger partial charge on any atom is 0.0805 e. The molecule has 0 fully saturated rings. The molecular formula is C17H17BrN2. The van der Waals surface area contributed by atoms with Crippen molar-refractivity contribution in [3.8, 4) is 0 Å². The first-order chi connectivity index (χ1) is 9.70. The molecule has 0 amide bonds. The van der Waals surface area contributed by atoms with E-state index >= 15 is 0 Å². The van der Waals surface area contributed by atoms with Crippen LogP contribution in [0.1, 0.15) is 19.0 Å². The number of rotatable bonds is 3. The van der Waals surface area contributed by atoms with Crippen LogP contribution in [-0.4, -0.2) is 11.5 Å². The van der Waals surface area contributed by atoms with Gasteiger partial charge in [0.15, 0.2) is 0 Å². The van der Waals surface area contributed by atoms with Gasteiger partial charge in [-0.15, -0.1) is 0 Å². The van der Waals surface area contributed by atoms with Gasteiger partial charge in [-0.2, -0.15) is 0 Å². The highest BCUT2D eigenvalue weighted by Crippen LogP contribution is 2.34. The Morgan fingerprint density at radius 1 is 1.10 bits per heavy atom. The second kappa shape index (κ2) is 5.41. The van der Waals surface area contributed by atoms with Crippen LogP contribution < -0.4 is 5.32 Å². The van der Waals surface area contributed by atoms with Gasteiger partial charge in [0.2, 0.25) is 0 Å². The van der Waals surface area contributed by atoms with Gasteiger partial charge >= 0.3 is 0 Å². The molecule has 3 aromatic rings. The standard InChI is InChI=1S/C17H17BrN2/c1-3-8-19-16-9-11(2)20-17-13-7-5-4-6-12(13)15(18)10-14(16)17/h4-7,9-10H,3,8H2,1-2H3,(H,19,20). The molecule has 0 radical (unpaired) electrons. The van der Waals surface area contributed by atoms with E-state index in [-0.39, 0.29) is 0 Å². The first-order valence-electron chi connectivity index (χ1n) is 6.93. The minimum atomic E-state index is 0.975. The Morgan fingerprint density at radius 2 is 1.85 bits per heavy atom. The third-order valence-electron chi connectivity index (χ3n) is 3.46. The quantitative estimate of drug-likeness (QED) is 0.661. The Labute approximate surface area is 127 Å². The lowest BCUT2D eigenvalue weighted by Crippen LogP contribution is -2.02. The Hall–Kier alpha value is -1.61. The number of nitrogens with one attached hydrogen (secondary N) is 1. The second-order valence-electron chi connectivity index (χ2n) is 5.04. The molecule has 2 aromatic carbocycles. The lowest BCUT2D eigenvalue weighted by atomic mass is 10.0. The summed E-state index contributed by atoms with van der Waals surface area (Å²) in [6, 6.07) is 12.7. The molecule has 0 spiro atoms. The molecule has 3 heteroatoms. The first kappa shape index (κ1) is 13.4. The highest BCUT2D eigenvalue weighted by Gasteiger charge is 2.10. The van der Waals surface area contributed by atoms with Crippen molar-refractivity contribution in [2.24, 2.45) is 0 Å². The Kier molecular flexibility index (Phi) is 3.62. The SMILES string of the molecule is CCCNc1cc(C)nc2c1cc(Br)c1ccccc12. The number of hydrogen-bond acceptors (Lipinski definition) is 2. The molecule has 0 bridgehead atoms. The molecule has 0 saturated heterocycles. The smallest absolute Gasteiger partial charge is 0.0805 e. The molecule has 0 unspecified atom stereocenters. The van der Waals surface area contributed by atoms with Crippen LogP contribution in [0, 0.1) is 6.92 Å². The summed E-state index contributed by atoms with van der Waals surface area (Å²) in [6.07, 6.45) is 1.11. The predicted molar refractivity (Wildman–Crippen MR) is 90.5 cm³/mol. The lowest BCUT2D eigenvalue weighted by molar-refractivity contribution is 0.980. The van der Waals surface area contributed by atoms with Gasteiger partial charge in [-0.05, 0) is 30.9 Å². The molecule has 3 rings (SSSR count). The van der Waals surface area contributed by atoms with E-state index in [1.165, 1.54) is 21.8 Å². The number of hydrogen-bond donors (Lipinski definition) is 1. The number of benzene rings is 2. The maximum atomic E-state index is 4.75. The lowest BCUT2D eigenvalue weighted by Gasteiger charge is -2.13. The number of halogens is 1. The van der Waals surface area contributed by atoms with Gasteiger partial charge in [0.05, 0.1) is 5.52 Å². The summed E-state index contributed by atoms with van der Waals surface area (Å²) in [5, 5.41) is 7.09. The minimum absolute atomic E-state index is 0.975. The molecule has 0 aliphatic heterocycles. The van der Waals surface area contributed by atoms with Crippen LogP contribution in [0.25, 0.3) is 21.7 Å². The minimum Gasteiger partial charge on any atom is -0.384 e. The number of anilines is 1. The normalized spacial score (nSPS) is 11.2. The van der Waals surface area contributed by atoms with E-state index in [1.54, 1.807) is 0 Å². The van der Waals surface area contributed by atoms with E-state index in [9.17, 15) is 0 Å². The molecule has 0 saturated carbocycles. The number of nitrogens with zero attached hydrogens (tertiary/aromatic N) is 1. The summed E-state index contributed by atoms with van der Waals surface area (Å²) in [4.78, 5) is 4.75. The summed E-state index contributed by atoms with van der Waals surface area (Å²) in [7, 11) is 0. The van der Waals surface area contributed by atoms with Crippen molar-refractivity contribution in [1.82, 2.24) is 4.98 Å². The van der Waals surface area contributed by atoms with Crippen LogP contribution in [0.3, 0.4) is 0 Å². The van der Waals surface area contributed by atoms with Gasteiger partial charge in [0.1, 0.15) is 0 Å². The maximum absolute atomic E-state index is 4.75. The van der Waals surface area contributed by atoms with Crippen molar-refractivity contribution in [1.29, 1.82) is 0 Å². The van der Waals surface area contributed by atoms with Crippen molar-refractivity contribution < 1.29 is 0 Å². The zero-order chi connectivity index (χ0) is 14.1. The van der Waals surface area contributed by atoms with Crippen molar-refractivity contribution in [2.75, 3.05) is 11.9 Å². The van der Waals surface area contributed by atoms with E-state index in [4.69, 9.17) is 4.98 Å². The monoisotopic (exact) mass is 328 g/mol. The average molecular weight is 329 g/mol. The molecule has 2 nitrogen and oxygen atoms in total. The second-order valence-corrected chi connectivity index (χ2v) is 5.89. The molecule has 1 heterocycles. The van der Waals surface area contributed by atoms with Crippen LogP contribution in [0.15, 0.2) is 40.9 Å². The predicted octanol–water partition coefficient (Wildman–Crippen LogP) is 5.28. The van der Waals surface area contributed by atoms with Crippen LogP contribution in [0.4, 0.5) is 5.69 Å². The fourth-order valence-electron chi connectivity index (χ4n) is 2.54. The molecule has 1 aromatic heterocycles. The third kappa shape index (κ3) is 2.27. The molecule has 0 aliphatic rings. The third-order valence-corrected chi connectivity index (χ3v) is 4.12. The number of fused-ring (bicyclic) bond motifs is 3. The van der Waals surface area contributed by atoms with Gasteiger partial charge < -0.3 is 5.32 Å². The van der Waals surface area contributed by atoms with Gasteiger partial charge in [-0.25, -0.2) is 0 Å². The van der Waals surface area contributed by atoms with Crippen molar-refractivity contribution in [3.63, 3.8) is 0 Å². The molecule has 102 valence electrons. The molecule has 1 N–H and O–H groups in total. The van der Waals surface area contributed by atoms with E-state index in [2.05, 4.69) is 64.6 Å². The van der Waals surface area contributed by atoms with Gasteiger partial charge in [-0.3, -0.25) is 4.98 Å². The fraction of sp³-hybridized carbons (Fsp3) is 0.235. The van der Waals surface area contributed by atoms with Gasteiger partial charge in [0.25, 0.3) is 0 Å². The fourth-order valence-corrected chi connectivity index (χ4v) is 3.12. The summed E-state index contributed by atoms with van der Waals surface area (Å²) >= 11 is 3.68. The zero-order valence-electron chi connectivity index (χ0n) is 11.7. The highest BCUT2D eigenvalue weighted by molar-refractivity contribution is 9.10. The summed E-state index contributed by atoms with van der Waals surface area (Å²) in [5.74, 6) is 0. The summed E-state index contributed by atoms with van der Waals surface area (Å²) < 4.78 is 1.12. The van der Waals surface area contributed by atoms with Crippen LogP contribution >= 0.6 is 15.9 Å². The Bertz CT molecular complexity index is 781. The van der Waals surface area contributed by atoms with Crippen molar-refractivity contribution in [2.45, 2.75) is 20.3 Å². The number of aromatic nitrogens is 1. The van der Waals surface area contributed by atoms with E-state index < -0.39 is 0 Å². The van der Waals surface area contributed by atoms with E-state index in [0.29, 0.717) is 0 Å². The Balaban J connectivity index is 2.37. The van der Waals surface area contributed by atoms with Gasteiger partial charge in [0, 0.05) is 33.2 Å². The average Bonchev–Trinajstić information content (AvgIpc) is 2.46. The van der Waals surface area contributed by atoms with Crippen LogP contribution in [0.2, 0.25) is 0 Å². The highest BCUT2D eigenvalue weighted by atomic mass is 79.9. The molecule has 0 aliphatic carbocycles. The molecule has 20 heavy (non-hydrogen) atoms. The van der Waals surface area contributed by atoms with Crippen LogP contribution in [0.5, 0.6) is 0 Å². The molecule has 0 atom stereocenters. The Morgan fingerprint density at radius 3 is 2.60 bits per heavy atom. The topological polar surface area (TPSA) is 24.9 Å². The van der Waals surface area contributed by atoms with E-state index in [1.807, 2.05) is 6.92 Å². The van der Waals surface area contributed by atoms with Crippen LogP contribution in [-0.2, 0) is 0 Å². The number of aryl methyl sites for hydroxylation is 1. The van der Waals surface area contributed by atoms with Crippen molar-refractivity contribution in [3.05, 3.63) is 46.6 Å². The largest absolute Gasteiger partial charge is 0.384 e. The molecular weight excluding hydrogens is 312 g/mol. The summed E-state index contributed by atoms with van der Waals surface area (Å²) in [5.41, 5.74) is 3.28.